The van der Waals surface area contributed by atoms with Crippen LogP contribution in [-0.2, 0) is 21.3 Å². The van der Waals surface area contributed by atoms with Crippen molar-refractivity contribution < 1.29 is 13.2 Å². The summed E-state index contributed by atoms with van der Waals surface area (Å²) in [5.74, 6) is 0. The molecule has 0 aromatic carbocycles. The summed E-state index contributed by atoms with van der Waals surface area (Å²) >= 11 is 0. The van der Waals surface area contributed by atoms with E-state index in [4.69, 9.17) is 10.5 Å². The van der Waals surface area contributed by atoms with Gasteiger partial charge in [-0.2, -0.15) is 5.10 Å². The zero-order valence-corrected chi connectivity index (χ0v) is 12.0. The molecule has 8 heteroatoms. The highest BCUT2D eigenvalue weighted by molar-refractivity contribution is 7.89. The van der Waals surface area contributed by atoms with E-state index in [0.29, 0.717) is 11.3 Å². The monoisotopic (exact) mass is 288 g/mol. The van der Waals surface area contributed by atoms with Gasteiger partial charge in [0, 0.05) is 31.0 Å². The molecule has 0 spiro atoms. The van der Waals surface area contributed by atoms with Gasteiger partial charge in [0.2, 0.25) is 0 Å². The maximum absolute atomic E-state index is 12.3. The molecule has 19 heavy (non-hydrogen) atoms. The predicted octanol–water partition coefficient (Wildman–Crippen LogP) is 0.0226. The molecule has 1 aromatic heterocycles. The molecule has 0 aliphatic heterocycles. The Morgan fingerprint density at radius 3 is 2.89 bits per heavy atom. The van der Waals surface area contributed by atoms with Crippen LogP contribution in [0.4, 0.5) is 0 Å². The summed E-state index contributed by atoms with van der Waals surface area (Å²) in [5, 5.41) is 6.51. The van der Waals surface area contributed by atoms with Gasteiger partial charge in [-0.3, -0.25) is 5.10 Å². The molecule has 1 heterocycles. The lowest BCUT2D eigenvalue weighted by atomic mass is 10.2. The van der Waals surface area contributed by atoms with Crippen LogP contribution in [0.1, 0.15) is 30.5 Å². The Hall–Kier alpha value is -0.960. The van der Waals surface area contributed by atoms with Gasteiger partial charge in [0.25, 0.3) is 10.0 Å². The summed E-state index contributed by atoms with van der Waals surface area (Å²) in [5.41, 5.74) is 6.78. The second kappa shape index (κ2) is 5.58. The molecule has 108 valence electrons. The average Bonchev–Trinajstić information content (AvgIpc) is 2.94. The third kappa shape index (κ3) is 2.81. The molecule has 0 radical (unpaired) electrons. The molecule has 2 unspecified atom stereocenters. The van der Waals surface area contributed by atoms with Crippen LogP contribution in [0.2, 0.25) is 0 Å². The molecule has 1 aliphatic carbocycles. The number of hydrogen-bond donors (Lipinski definition) is 3. The molecule has 0 bridgehead atoms. The van der Waals surface area contributed by atoms with Crippen molar-refractivity contribution in [1.82, 2.24) is 14.9 Å². The lowest BCUT2D eigenvalue weighted by Gasteiger charge is -2.19. The van der Waals surface area contributed by atoms with Crippen molar-refractivity contribution in [2.75, 3.05) is 7.11 Å². The number of nitrogens with one attached hydrogen (secondary N) is 2. The van der Waals surface area contributed by atoms with Gasteiger partial charge in [-0.15, -0.1) is 0 Å². The van der Waals surface area contributed by atoms with Crippen LogP contribution in [0, 0.1) is 6.92 Å². The molecule has 1 fully saturated rings. The molecule has 0 saturated heterocycles. The zero-order chi connectivity index (χ0) is 14.0. The standard InChI is InChI=1S/C11H20N4O3S/c1-7-8(6-12)11(14-13-7)19(16,17)15-9-4-3-5-10(9)18-2/h9-10,15H,3-6,12H2,1-2H3,(H,13,14). The highest BCUT2D eigenvalue weighted by Crippen LogP contribution is 2.24. The van der Waals surface area contributed by atoms with Crippen LogP contribution in [-0.4, -0.2) is 37.9 Å². The summed E-state index contributed by atoms with van der Waals surface area (Å²) in [4.78, 5) is 0. The Bertz CT molecular complexity index is 540. The van der Waals surface area contributed by atoms with E-state index < -0.39 is 10.0 Å². The normalized spacial score (nSPS) is 23.9. The molecule has 1 saturated carbocycles. The van der Waals surface area contributed by atoms with E-state index in [1.165, 1.54) is 0 Å². The summed E-state index contributed by atoms with van der Waals surface area (Å²) in [6.07, 6.45) is 2.53. The number of rotatable bonds is 5. The quantitative estimate of drug-likeness (QED) is 0.707. The van der Waals surface area contributed by atoms with Crippen LogP contribution < -0.4 is 10.5 Å². The largest absolute Gasteiger partial charge is 0.380 e. The first-order chi connectivity index (χ1) is 8.99. The van der Waals surface area contributed by atoms with Gasteiger partial charge >= 0.3 is 0 Å². The van der Waals surface area contributed by atoms with Crippen LogP contribution in [0.25, 0.3) is 0 Å². The number of aryl methyl sites for hydroxylation is 1. The molecule has 2 atom stereocenters. The van der Waals surface area contributed by atoms with Crippen LogP contribution in [0.5, 0.6) is 0 Å². The van der Waals surface area contributed by atoms with E-state index >= 15 is 0 Å². The van der Waals surface area contributed by atoms with Crippen LogP contribution in [0.15, 0.2) is 5.03 Å². The summed E-state index contributed by atoms with van der Waals surface area (Å²) in [6.45, 7) is 1.89. The fraction of sp³-hybridized carbons (Fsp3) is 0.727. The predicted molar refractivity (Wildman–Crippen MR) is 70.0 cm³/mol. The zero-order valence-electron chi connectivity index (χ0n) is 11.1. The fourth-order valence-electron chi connectivity index (χ4n) is 2.49. The van der Waals surface area contributed by atoms with Gasteiger partial charge < -0.3 is 10.5 Å². The highest BCUT2D eigenvalue weighted by atomic mass is 32.2. The number of methoxy groups -OCH3 is 1. The van der Waals surface area contributed by atoms with E-state index in [-0.39, 0.29) is 23.7 Å². The van der Waals surface area contributed by atoms with Gasteiger partial charge in [0.15, 0.2) is 5.03 Å². The Morgan fingerprint density at radius 1 is 1.53 bits per heavy atom. The number of H-pyrrole nitrogens is 1. The minimum Gasteiger partial charge on any atom is -0.380 e. The molecule has 4 N–H and O–H groups in total. The van der Waals surface area contributed by atoms with Gasteiger partial charge in [0.05, 0.1) is 6.10 Å². The van der Waals surface area contributed by atoms with E-state index in [9.17, 15) is 8.42 Å². The Balaban J connectivity index is 2.23. The first-order valence-electron chi connectivity index (χ1n) is 6.28. The van der Waals surface area contributed by atoms with Crippen molar-refractivity contribution in [2.24, 2.45) is 5.73 Å². The lowest BCUT2D eigenvalue weighted by molar-refractivity contribution is 0.0916. The Kier molecular flexibility index (Phi) is 4.24. The highest BCUT2D eigenvalue weighted by Gasteiger charge is 2.33. The van der Waals surface area contributed by atoms with Gasteiger partial charge in [-0.05, 0) is 26.2 Å². The molecule has 1 aromatic rings. The first kappa shape index (κ1) is 14.4. The molecular weight excluding hydrogens is 268 g/mol. The van der Waals surface area contributed by atoms with E-state index in [1.807, 2.05) is 0 Å². The molecular formula is C11H20N4O3S. The fourth-order valence-corrected chi connectivity index (χ4v) is 4.00. The van der Waals surface area contributed by atoms with Crippen molar-refractivity contribution in [1.29, 1.82) is 0 Å². The van der Waals surface area contributed by atoms with Crippen molar-refractivity contribution in [3.05, 3.63) is 11.3 Å². The molecule has 2 rings (SSSR count). The minimum atomic E-state index is -3.66. The van der Waals surface area contributed by atoms with Gasteiger partial charge in [-0.1, -0.05) is 0 Å². The SMILES string of the molecule is COC1CCCC1NS(=O)(=O)c1n[nH]c(C)c1CN. The van der Waals surface area contributed by atoms with Gasteiger partial charge in [-0.25, -0.2) is 13.1 Å². The Morgan fingerprint density at radius 2 is 2.26 bits per heavy atom. The van der Waals surface area contributed by atoms with Crippen molar-refractivity contribution in [2.45, 2.75) is 49.9 Å². The molecule has 1 aliphatic rings. The van der Waals surface area contributed by atoms with E-state index in [0.717, 1.165) is 19.3 Å². The number of nitrogens with two attached hydrogens (primary N) is 1. The summed E-state index contributed by atoms with van der Waals surface area (Å²) in [6, 6.07) is -0.197. The number of aromatic nitrogens is 2. The van der Waals surface area contributed by atoms with E-state index in [1.54, 1.807) is 14.0 Å². The van der Waals surface area contributed by atoms with Crippen LogP contribution in [0.3, 0.4) is 0 Å². The second-order valence-corrected chi connectivity index (χ2v) is 6.40. The minimum absolute atomic E-state index is 0.00532. The first-order valence-corrected chi connectivity index (χ1v) is 7.77. The third-order valence-electron chi connectivity index (χ3n) is 3.56. The number of nitrogens with zero attached hydrogens (tertiary/aromatic N) is 1. The maximum atomic E-state index is 12.3. The summed E-state index contributed by atoms with van der Waals surface area (Å²) < 4.78 is 32.6. The number of sulfonamides is 1. The number of aromatic amines is 1. The Labute approximate surface area is 113 Å². The van der Waals surface area contributed by atoms with Crippen molar-refractivity contribution in [3.8, 4) is 0 Å². The van der Waals surface area contributed by atoms with E-state index in [2.05, 4.69) is 14.9 Å². The molecule has 7 nitrogen and oxygen atoms in total. The number of hydrogen-bond acceptors (Lipinski definition) is 5. The summed E-state index contributed by atoms with van der Waals surface area (Å²) in [7, 11) is -2.06. The van der Waals surface area contributed by atoms with Gasteiger partial charge in [0.1, 0.15) is 0 Å². The number of ether oxygens (including phenoxy) is 1. The van der Waals surface area contributed by atoms with Crippen molar-refractivity contribution >= 4 is 10.0 Å². The maximum Gasteiger partial charge on any atom is 0.260 e. The third-order valence-corrected chi connectivity index (χ3v) is 5.02. The molecule has 0 amide bonds. The average molecular weight is 288 g/mol. The topological polar surface area (TPSA) is 110 Å². The second-order valence-electron chi connectivity index (χ2n) is 4.77. The van der Waals surface area contributed by atoms with Crippen LogP contribution >= 0.6 is 0 Å². The smallest absolute Gasteiger partial charge is 0.260 e. The lowest BCUT2D eigenvalue weighted by Crippen LogP contribution is -2.41. The van der Waals surface area contributed by atoms with Crippen molar-refractivity contribution in [3.63, 3.8) is 0 Å².